The molecule has 0 fully saturated rings. The van der Waals surface area contributed by atoms with E-state index in [0.29, 0.717) is 0 Å². The Morgan fingerprint density at radius 3 is 1.21 bits per heavy atom. The third kappa shape index (κ3) is 12.7. The van der Waals surface area contributed by atoms with Crippen molar-refractivity contribution >= 4 is 83.6 Å². The third-order valence-corrected chi connectivity index (χ3v) is 9.98. The van der Waals surface area contributed by atoms with Gasteiger partial charge in [-0.15, -0.1) is 0 Å². The molecule has 61 heavy (non-hydrogen) atoms. The molecule has 316 valence electrons. The van der Waals surface area contributed by atoms with Gasteiger partial charge < -0.3 is 49.4 Å². The van der Waals surface area contributed by atoms with Gasteiger partial charge >= 0.3 is 37.7 Å². The van der Waals surface area contributed by atoms with E-state index in [0.717, 1.165) is 55.4 Å². The first kappa shape index (κ1) is 49.0. The van der Waals surface area contributed by atoms with Crippen LogP contribution in [-0.2, 0) is 9.59 Å². The van der Waals surface area contributed by atoms with E-state index in [4.69, 9.17) is 0 Å². The van der Waals surface area contributed by atoms with Crippen molar-refractivity contribution in [2.24, 2.45) is 0 Å². The van der Waals surface area contributed by atoms with Crippen LogP contribution in [0, 0.1) is 11.6 Å². The summed E-state index contributed by atoms with van der Waals surface area (Å²) in [4.78, 5) is 21.2. The molecule has 13 heteroatoms. The molecule has 0 bridgehead atoms. The van der Waals surface area contributed by atoms with Crippen molar-refractivity contribution in [1.82, 2.24) is 9.13 Å². The number of benzene rings is 4. The molecule has 0 amide bonds. The first-order chi connectivity index (χ1) is 28.5. The number of carbonyl (C=O) groups excluding carboxylic acids is 2. The molecule has 0 unspecified atom stereocenters. The number of carboxylic acid groups (broad SMARTS) is 2. The summed E-state index contributed by atoms with van der Waals surface area (Å²) in [5.74, 6) is -3.36. The summed E-state index contributed by atoms with van der Waals surface area (Å²) < 4.78 is 31.3. The molecule has 0 aliphatic heterocycles. The molecule has 6 rings (SSSR count). The molecule has 2 heterocycles. The van der Waals surface area contributed by atoms with E-state index in [1.807, 2.05) is 48.5 Å². The van der Waals surface area contributed by atoms with Crippen LogP contribution in [-0.4, -0.2) is 104 Å². The molecule has 4 N–H and O–H groups in total. The van der Waals surface area contributed by atoms with Crippen LogP contribution in [0.1, 0.15) is 76.8 Å². The minimum Gasteiger partial charge on any atom is -0.550 e. The fourth-order valence-corrected chi connectivity index (χ4v) is 7.52. The number of aliphatic carboxylic acids is 2. The van der Waals surface area contributed by atoms with Gasteiger partial charge in [-0.05, 0) is 87.4 Å². The van der Waals surface area contributed by atoms with Gasteiger partial charge in [0.1, 0.15) is 11.6 Å². The second-order valence-electron chi connectivity index (χ2n) is 15.3. The molecule has 0 saturated heterocycles. The normalized spacial score (nSPS) is 13.7. The first-order valence-electron chi connectivity index (χ1n) is 19.8. The number of aliphatic hydroxyl groups is 4. The van der Waals surface area contributed by atoms with Gasteiger partial charge in [0.25, 0.3) is 0 Å². The maximum absolute atomic E-state index is 13.5. The Morgan fingerprint density at radius 2 is 0.902 bits per heavy atom. The molecule has 4 aromatic carbocycles. The smallest absolute Gasteiger partial charge is 0.550 e. The number of hydrogen-bond acceptors (Lipinski definition) is 8. The van der Waals surface area contributed by atoms with E-state index in [9.17, 15) is 49.0 Å². The molecular formula is C48H50CaF2N2O8. The van der Waals surface area contributed by atoms with Gasteiger partial charge in [-0.1, -0.05) is 72.8 Å². The molecule has 4 atom stereocenters. The Morgan fingerprint density at radius 1 is 0.574 bits per heavy atom. The zero-order chi connectivity index (χ0) is 43.7. The fourth-order valence-electron chi connectivity index (χ4n) is 7.52. The van der Waals surface area contributed by atoms with Crippen LogP contribution in [0.15, 0.2) is 109 Å². The van der Waals surface area contributed by atoms with Crippen molar-refractivity contribution in [2.45, 2.75) is 89.9 Å². The number of para-hydroxylation sites is 2. The standard InChI is InChI=1S/2C24H26FNO4.Ca/c2*1-15(2)26-21-6-4-3-5-20(21)24(16-7-9-17(25)10-8-16)22(26)12-11-18(27)13-19(28)14-23(29)30;/h2*3-12,15,18-19,27-28H,13-14H2,1-2H3,(H,29,30);/q;;+2/p-2/b2*12-11+;/t2*18-,19-;/m11./s1. The van der Waals surface area contributed by atoms with Crippen molar-refractivity contribution in [3.05, 3.63) is 132 Å². The average molecular weight is 861 g/mol. The molecule has 6 aromatic rings. The molecular weight excluding hydrogens is 811 g/mol. The number of rotatable bonds is 16. The van der Waals surface area contributed by atoms with Gasteiger partial charge in [-0.3, -0.25) is 0 Å². The second-order valence-corrected chi connectivity index (χ2v) is 15.3. The predicted molar refractivity (Wildman–Crippen MR) is 232 cm³/mol. The number of aromatic nitrogens is 2. The number of aliphatic hydroxyl groups excluding tert-OH is 4. The molecule has 2 aromatic heterocycles. The minimum atomic E-state index is -1.36. The van der Waals surface area contributed by atoms with Gasteiger partial charge in [0, 0.05) is 94.0 Å². The number of nitrogens with zero attached hydrogens (tertiary/aromatic N) is 2. The monoisotopic (exact) mass is 860 g/mol. The Bertz CT molecular complexity index is 2280. The SMILES string of the molecule is CC(C)n1c(/C=C/[C@@H](O)C[C@@H](O)CC(=O)[O-])c(-c2ccc(F)cc2)c2ccccc21.CC(C)n1c(/C=C/[C@@H](O)C[C@@H](O)CC(=O)[O-])c(-c2ccc(F)cc2)c2ccccc21.[Ca+2]. The van der Waals surface area contributed by atoms with Crippen LogP contribution >= 0.6 is 0 Å². The third-order valence-electron chi connectivity index (χ3n) is 9.98. The van der Waals surface area contributed by atoms with Crippen LogP contribution in [0.5, 0.6) is 0 Å². The summed E-state index contributed by atoms with van der Waals surface area (Å²) in [5, 5.41) is 63.3. The van der Waals surface area contributed by atoms with E-state index >= 15 is 0 Å². The summed E-state index contributed by atoms with van der Waals surface area (Å²) >= 11 is 0. The van der Waals surface area contributed by atoms with Crippen molar-refractivity contribution in [2.75, 3.05) is 0 Å². The van der Waals surface area contributed by atoms with E-state index in [2.05, 4.69) is 36.8 Å². The van der Waals surface area contributed by atoms with Gasteiger partial charge in [-0.25, -0.2) is 8.78 Å². The van der Waals surface area contributed by atoms with Crippen LogP contribution < -0.4 is 10.2 Å². The van der Waals surface area contributed by atoms with Gasteiger partial charge in [-0.2, -0.15) is 0 Å². The van der Waals surface area contributed by atoms with Crippen LogP contribution in [0.2, 0.25) is 0 Å². The van der Waals surface area contributed by atoms with Gasteiger partial charge in [0.2, 0.25) is 0 Å². The molecule has 0 saturated carbocycles. The Hall–Kier alpha value is -4.66. The average Bonchev–Trinajstić information content (AvgIpc) is 3.69. The van der Waals surface area contributed by atoms with Crippen molar-refractivity contribution in [3.8, 4) is 22.3 Å². The van der Waals surface area contributed by atoms with E-state index in [1.165, 1.54) is 24.3 Å². The topological polar surface area (TPSA) is 171 Å². The van der Waals surface area contributed by atoms with E-state index in [1.54, 1.807) is 48.6 Å². The maximum Gasteiger partial charge on any atom is 2.00 e. The number of carboxylic acids is 2. The quantitative estimate of drug-likeness (QED) is 0.0834. The van der Waals surface area contributed by atoms with Crippen molar-refractivity contribution in [3.63, 3.8) is 0 Å². The van der Waals surface area contributed by atoms with Crippen molar-refractivity contribution < 1.29 is 49.0 Å². The maximum atomic E-state index is 13.5. The van der Waals surface area contributed by atoms with E-state index in [-0.39, 0.29) is 74.3 Å². The Balaban J connectivity index is 0.000000264. The largest absolute Gasteiger partial charge is 2.00 e. The first-order valence-corrected chi connectivity index (χ1v) is 19.8. The summed E-state index contributed by atoms with van der Waals surface area (Å²) in [5.41, 5.74) is 7.22. The van der Waals surface area contributed by atoms with Crippen LogP contribution in [0.4, 0.5) is 8.78 Å². The number of hydrogen-bond donors (Lipinski definition) is 4. The molecule has 0 aliphatic carbocycles. The van der Waals surface area contributed by atoms with Crippen LogP contribution in [0.25, 0.3) is 56.2 Å². The number of carbonyl (C=O) groups is 2. The summed E-state index contributed by atoms with van der Waals surface area (Å²) in [7, 11) is 0. The Kier molecular flexibility index (Phi) is 18.0. The molecule has 0 radical (unpaired) electrons. The molecule has 0 aliphatic rings. The zero-order valence-electron chi connectivity index (χ0n) is 34.6. The van der Waals surface area contributed by atoms with Crippen molar-refractivity contribution in [1.29, 1.82) is 0 Å². The number of halogens is 2. The summed E-state index contributed by atoms with van der Waals surface area (Å²) in [6.07, 6.45) is 0.899. The Labute approximate surface area is 383 Å². The minimum absolute atomic E-state index is 0. The molecule has 0 spiro atoms. The fraction of sp³-hybridized carbons (Fsp3) is 0.292. The predicted octanol–water partition coefficient (Wildman–Crippen LogP) is 6.21. The summed E-state index contributed by atoms with van der Waals surface area (Å²) in [6, 6.07) is 28.6. The number of fused-ring (bicyclic) bond motifs is 2. The molecule has 10 nitrogen and oxygen atoms in total. The summed E-state index contributed by atoms with van der Waals surface area (Å²) in [6.45, 7) is 8.22. The van der Waals surface area contributed by atoms with Gasteiger partial charge in [0.15, 0.2) is 0 Å². The van der Waals surface area contributed by atoms with E-state index < -0.39 is 49.2 Å². The zero-order valence-corrected chi connectivity index (χ0v) is 36.8. The van der Waals surface area contributed by atoms with Gasteiger partial charge in [0.05, 0.1) is 24.4 Å². The second kappa shape index (κ2) is 22.4. The van der Waals surface area contributed by atoms with Crippen LogP contribution in [0.3, 0.4) is 0 Å².